The zero-order valence-corrected chi connectivity index (χ0v) is 12.2. The van der Waals surface area contributed by atoms with Gasteiger partial charge in [0, 0.05) is 31.1 Å². The summed E-state index contributed by atoms with van der Waals surface area (Å²) in [6.07, 6.45) is 1.32. The highest BCUT2D eigenvalue weighted by molar-refractivity contribution is 7.89. The molecule has 1 saturated carbocycles. The van der Waals surface area contributed by atoms with Gasteiger partial charge in [-0.3, -0.25) is 0 Å². The molecule has 0 saturated heterocycles. The predicted octanol–water partition coefficient (Wildman–Crippen LogP) is 2.74. The smallest absolute Gasteiger partial charge is 0.207 e. The molecule has 0 unspecified atom stereocenters. The third-order valence-electron chi connectivity index (χ3n) is 3.32. The molecule has 0 heterocycles. The van der Waals surface area contributed by atoms with Crippen LogP contribution in [-0.4, -0.2) is 31.7 Å². The molecule has 1 aliphatic rings. The van der Waals surface area contributed by atoms with Crippen LogP contribution in [0.3, 0.4) is 0 Å². The minimum Gasteiger partial charge on any atom is -0.207 e. The summed E-state index contributed by atoms with van der Waals surface area (Å²) in [5.74, 6) is -3.95. The number of halogens is 4. The van der Waals surface area contributed by atoms with E-state index in [-0.39, 0.29) is 17.8 Å². The van der Waals surface area contributed by atoms with E-state index in [0.717, 1.165) is 4.31 Å². The number of hydrogen-bond donors (Lipinski definition) is 0. The second-order valence-corrected chi connectivity index (χ2v) is 7.52. The van der Waals surface area contributed by atoms with Crippen molar-refractivity contribution in [3.05, 3.63) is 29.6 Å². The molecule has 0 radical (unpaired) electrons. The summed E-state index contributed by atoms with van der Waals surface area (Å²) >= 11 is 5.80. The van der Waals surface area contributed by atoms with E-state index < -0.39 is 32.4 Å². The predicted molar refractivity (Wildman–Crippen MR) is 68.5 cm³/mol. The molecule has 1 aromatic rings. The molecule has 0 aliphatic heterocycles. The summed E-state index contributed by atoms with van der Waals surface area (Å²) in [6, 6.07) is 0.698. The van der Waals surface area contributed by atoms with E-state index in [0.29, 0.717) is 25.0 Å². The van der Waals surface area contributed by atoms with Gasteiger partial charge in [0.1, 0.15) is 17.5 Å². The summed E-state index contributed by atoms with van der Waals surface area (Å²) in [4.78, 5) is -1.12. The molecule has 0 N–H and O–H groups in total. The minimum absolute atomic E-state index is 0.0235. The van der Waals surface area contributed by atoms with Crippen LogP contribution in [0.4, 0.5) is 13.2 Å². The summed E-state index contributed by atoms with van der Waals surface area (Å²) in [5.41, 5.74) is 0. The van der Waals surface area contributed by atoms with Crippen LogP contribution < -0.4 is 0 Å². The van der Waals surface area contributed by atoms with Crippen molar-refractivity contribution in [2.24, 2.45) is 5.92 Å². The van der Waals surface area contributed by atoms with E-state index in [1.807, 2.05) is 0 Å². The lowest BCUT2D eigenvalue weighted by Gasteiger charge is -2.33. The van der Waals surface area contributed by atoms with Crippen LogP contribution in [-0.2, 0) is 10.0 Å². The summed E-state index contributed by atoms with van der Waals surface area (Å²) in [6.45, 7) is 0.127. The Morgan fingerprint density at radius 1 is 1.25 bits per heavy atom. The lowest BCUT2D eigenvalue weighted by atomic mass is 9.85. The van der Waals surface area contributed by atoms with Crippen LogP contribution in [0.5, 0.6) is 0 Å². The Labute approximate surface area is 120 Å². The zero-order chi connectivity index (χ0) is 15.1. The third kappa shape index (κ3) is 2.94. The molecule has 1 fully saturated rings. The normalized spacial score (nSPS) is 22.9. The quantitative estimate of drug-likeness (QED) is 0.797. The van der Waals surface area contributed by atoms with Crippen molar-refractivity contribution < 1.29 is 21.6 Å². The third-order valence-corrected chi connectivity index (χ3v) is 5.56. The van der Waals surface area contributed by atoms with E-state index in [1.54, 1.807) is 0 Å². The highest BCUT2D eigenvalue weighted by Gasteiger charge is 2.34. The Morgan fingerprint density at radius 2 is 1.75 bits per heavy atom. The maximum Gasteiger partial charge on any atom is 0.248 e. The first-order valence-corrected chi connectivity index (χ1v) is 7.84. The van der Waals surface area contributed by atoms with E-state index in [9.17, 15) is 21.6 Å². The van der Waals surface area contributed by atoms with Gasteiger partial charge in [-0.1, -0.05) is 0 Å². The Bertz CT molecular complexity index is 594. The second kappa shape index (κ2) is 5.54. The minimum atomic E-state index is -4.33. The maximum atomic E-state index is 13.6. The average Bonchev–Trinajstić information content (AvgIpc) is 2.24. The molecular formula is C12H13ClF3NO2S. The molecule has 1 aromatic carbocycles. The van der Waals surface area contributed by atoms with Crippen molar-refractivity contribution in [1.82, 2.24) is 4.31 Å². The lowest BCUT2D eigenvalue weighted by molar-refractivity contribution is 0.267. The van der Waals surface area contributed by atoms with Crippen molar-refractivity contribution in [3.8, 4) is 0 Å². The van der Waals surface area contributed by atoms with E-state index >= 15 is 0 Å². The number of alkyl halides is 1. The first-order chi connectivity index (χ1) is 9.21. The monoisotopic (exact) mass is 327 g/mol. The van der Waals surface area contributed by atoms with Crippen LogP contribution >= 0.6 is 11.6 Å². The Hall–Kier alpha value is -0.790. The van der Waals surface area contributed by atoms with Crippen LogP contribution in [0.1, 0.15) is 12.8 Å². The molecular weight excluding hydrogens is 315 g/mol. The number of hydrogen-bond acceptors (Lipinski definition) is 2. The van der Waals surface area contributed by atoms with E-state index in [4.69, 9.17) is 11.6 Å². The van der Waals surface area contributed by atoms with Crippen molar-refractivity contribution in [2.45, 2.75) is 23.1 Å². The number of benzene rings is 1. The number of sulfonamides is 1. The maximum absolute atomic E-state index is 13.6. The molecule has 112 valence electrons. The van der Waals surface area contributed by atoms with Crippen LogP contribution in [0.15, 0.2) is 17.0 Å². The van der Waals surface area contributed by atoms with Gasteiger partial charge in [-0.25, -0.2) is 25.9 Å². The molecule has 0 spiro atoms. The molecule has 2 rings (SSSR count). The van der Waals surface area contributed by atoms with Crippen molar-refractivity contribution in [1.29, 1.82) is 0 Å². The van der Waals surface area contributed by atoms with Crippen molar-refractivity contribution in [3.63, 3.8) is 0 Å². The molecule has 8 heteroatoms. The molecule has 20 heavy (non-hydrogen) atoms. The molecule has 0 amide bonds. The van der Waals surface area contributed by atoms with Gasteiger partial charge in [0.15, 0.2) is 4.90 Å². The lowest BCUT2D eigenvalue weighted by Crippen LogP contribution is -2.38. The van der Waals surface area contributed by atoms with Crippen LogP contribution in [0, 0.1) is 23.4 Å². The first kappa shape index (κ1) is 15.6. The molecule has 0 bridgehead atoms. The van der Waals surface area contributed by atoms with Gasteiger partial charge in [-0.05, 0) is 18.8 Å². The van der Waals surface area contributed by atoms with Gasteiger partial charge in [-0.2, -0.15) is 0 Å². The van der Waals surface area contributed by atoms with Gasteiger partial charge >= 0.3 is 0 Å². The zero-order valence-electron chi connectivity index (χ0n) is 10.6. The van der Waals surface area contributed by atoms with Gasteiger partial charge in [-0.15, -0.1) is 11.6 Å². The number of nitrogens with zero attached hydrogens (tertiary/aromatic N) is 1. The standard InChI is InChI=1S/C12H13ClF3NO2S/c1-17(6-7-2-8(13)3-7)20(18,19)12-10(15)4-9(14)5-11(12)16/h4-5,7-8H,2-3,6H2,1H3. The fourth-order valence-corrected chi connectivity index (χ4v) is 4.03. The molecule has 0 aromatic heterocycles. The van der Waals surface area contributed by atoms with Crippen LogP contribution in [0.25, 0.3) is 0 Å². The van der Waals surface area contributed by atoms with Crippen molar-refractivity contribution >= 4 is 21.6 Å². The summed E-state index contributed by atoms with van der Waals surface area (Å²) < 4.78 is 65.1. The first-order valence-electron chi connectivity index (χ1n) is 5.96. The topological polar surface area (TPSA) is 37.4 Å². The Morgan fingerprint density at radius 3 is 2.20 bits per heavy atom. The Kier molecular flexibility index (Phi) is 4.32. The summed E-state index contributed by atoms with van der Waals surface area (Å²) in [5, 5.41) is 0.0235. The van der Waals surface area contributed by atoms with Gasteiger partial charge < -0.3 is 0 Å². The summed E-state index contributed by atoms with van der Waals surface area (Å²) in [7, 11) is -3.10. The highest BCUT2D eigenvalue weighted by atomic mass is 35.5. The molecule has 0 atom stereocenters. The highest BCUT2D eigenvalue weighted by Crippen LogP contribution is 2.33. The largest absolute Gasteiger partial charge is 0.248 e. The second-order valence-electron chi connectivity index (χ2n) is 4.92. The fourth-order valence-electron chi connectivity index (χ4n) is 2.20. The van der Waals surface area contributed by atoms with Crippen molar-refractivity contribution in [2.75, 3.05) is 13.6 Å². The fraction of sp³-hybridized carbons (Fsp3) is 0.500. The van der Waals surface area contributed by atoms with Gasteiger partial charge in [0.25, 0.3) is 0 Å². The van der Waals surface area contributed by atoms with Crippen LogP contribution in [0.2, 0.25) is 0 Å². The van der Waals surface area contributed by atoms with E-state index in [2.05, 4.69) is 0 Å². The average molecular weight is 328 g/mol. The van der Waals surface area contributed by atoms with Gasteiger partial charge in [0.05, 0.1) is 0 Å². The van der Waals surface area contributed by atoms with Gasteiger partial charge in [0.2, 0.25) is 10.0 Å². The SMILES string of the molecule is CN(CC1CC(Cl)C1)S(=O)(=O)c1c(F)cc(F)cc1F. The van der Waals surface area contributed by atoms with E-state index in [1.165, 1.54) is 7.05 Å². The molecule has 3 nitrogen and oxygen atoms in total. The molecule has 1 aliphatic carbocycles. The Balaban J connectivity index is 2.26. The number of rotatable bonds is 4.